The smallest absolute Gasteiger partial charge is 0.0610 e. The van der Waals surface area contributed by atoms with E-state index in [-0.39, 0.29) is 12.1 Å². The zero-order chi connectivity index (χ0) is 13.0. The van der Waals surface area contributed by atoms with Crippen molar-refractivity contribution in [1.82, 2.24) is 10.2 Å². The van der Waals surface area contributed by atoms with Crippen LogP contribution in [0.5, 0.6) is 0 Å². The molecule has 18 heavy (non-hydrogen) atoms. The van der Waals surface area contributed by atoms with Gasteiger partial charge >= 0.3 is 0 Å². The second kappa shape index (κ2) is 5.83. The van der Waals surface area contributed by atoms with E-state index in [2.05, 4.69) is 41.4 Å². The molecule has 0 aromatic heterocycles. The minimum Gasteiger partial charge on any atom is -0.394 e. The summed E-state index contributed by atoms with van der Waals surface area (Å²) in [6, 6.07) is 8.68. The maximum atomic E-state index is 9.34. The first-order valence-electron chi connectivity index (χ1n) is 6.76. The first-order valence-corrected chi connectivity index (χ1v) is 6.76. The standard InChI is InChI=1S/C15H24N2O/c1-15(12-18,16-2)8-5-9-17-10-13-6-3-4-7-14(13)11-17/h3-4,6-7,16,18H,5,8-12H2,1-2H3. The van der Waals surface area contributed by atoms with Gasteiger partial charge in [0.15, 0.2) is 0 Å². The van der Waals surface area contributed by atoms with Crippen LogP contribution in [-0.2, 0) is 13.1 Å². The summed E-state index contributed by atoms with van der Waals surface area (Å²) in [5.74, 6) is 0. The number of aliphatic hydroxyl groups excluding tert-OH is 1. The molecule has 0 spiro atoms. The van der Waals surface area contributed by atoms with Crippen molar-refractivity contribution < 1.29 is 5.11 Å². The molecule has 0 saturated carbocycles. The molecule has 1 heterocycles. The van der Waals surface area contributed by atoms with Crippen LogP contribution >= 0.6 is 0 Å². The van der Waals surface area contributed by atoms with Gasteiger partial charge in [0.2, 0.25) is 0 Å². The van der Waals surface area contributed by atoms with Crippen molar-refractivity contribution in [3.63, 3.8) is 0 Å². The summed E-state index contributed by atoms with van der Waals surface area (Å²) in [7, 11) is 1.92. The van der Waals surface area contributed by atoms with Gasteiger partial charge in [-0.3, -0.25) is 4.90 Å². The molecule has 0 amide bonds. The molecule has 1 aliphatic heterocycles. The van der Waals surface area contributed by atoms with Crippen LogP contribution in [0.4, 0.5) is 0 Å². The third kappa shape index (κ3) is 3.10. The fourth-order valence-electron chi connectivity index (χ4n) is 2.54. The number of hydrogen-bond acceptors (Lipinski definition) is 3. The number of hydrogen-bond donors (Lipinski definition) is 2. The lowest BCUT2D eigenvalue weighted by atomic mass is 9.97. The predicted molar refractivity (Wildman–Crippen MR) is 74.3 cm³/mol. The van der Waals surface area contributed by atoms with E-state index >= 15 is 0 Å². The second-order valence-electron chi connectivity index (χ2n) is 5.55. The Morgan fingerprint density at radius 3 is 2.39 bits per heavy atom. The molecule has 0 aliphatic carbocycles. The van der Waals surface area contributed by atoms with E-state index < -0.39 is 0 Å². The average Bonchev–Trinajstić information content (AvgIpc) is 2.81. The average molecular weight is 248 g/mol. The molecular weight excluding hydrogens is 224 g/mol. The van der Waals surface area contributed by atoms with E-state index in [1.807, 2.05) is 7.05 Å². The van der Waals surface area contributed by atoms with Gasteiger partial charge in [0.1, 0.15) is 0 Å². The molecule has 0 radical (unpaired) electrons. The van der Waals surface area contributed by atoms with Gasteiger partial charge in [0.25, 0.3) is 0 Å². The first kappa shape index (κ1) is 13.5. The highest BCUT2D eigenvalue weighted by molar-refractivity contribution is 5.30. The third-order valence-corrected chi connectivity index (χ3v) is 4.06. The van der Waals surface area contributed by atoms with Crippen LogP contribution in [-0.4, -0.2) is 35.7 Å². The predicted octanol–water partition coefficient (Wildman–Crippen LogP) is 1.75. The Hall–Kier alpha value is -0.900. The number of nitrogens with one attached hydrogen (secondary N) is 1. The number of rotatable bonds is 6. The van der Waals surface area contributed by atoms with Gasteiger partial charge in [-0.15, -0.1) is 0 Å². The number of likely N-dealkylation sites (N-methyl/N-ethyl adjacent to an activating group) is 1. The van der Waals surface area contributed by atoms with Gasteiger partial charge in [0, 0.05) is 18.6 Å². The minimum absolute atomic E-state index is 0.132. The molecule has 1 aromatic carbocycles. The lowest BCUT2D eigenvalue weighted by Gasteiger charge is -2.27. The van der Waals surface area contributed by atoms with Gasteiger partial charge in [0.05, 0.1) is 6.61 Å². The van der Waals surface area contributed by atoms with Crippen molar-refractivity contribution in [3.8, 4) is 0 Å². The summed E-state index contributed by atoms with van der Waals surface area (Å²) in [5, 5.41) is 12.5. The first-order chi connectivity index (χ1) is 8.67. The van der Waals surface area contributed by atoms with E-state index in [1.54, 1.807) is 0 Å². The summed E-state index contributed by atoms with van der Waals surface area (Å²) >= 11 is 0. The fourth-order valence-corrected chi connectivity index (χ4v) is 2.54. The summed E-state index contributed by atoms with van der Waals surface area (Å²) < 4.78 is 0. The zero-order valence-electron chi connectivity index (χ0n) is 11.4. The Balaban J connectivity index is 1.77. The lowest BCUT2D eigenvalue weighted by molar-refractivity contribution is 0.163. The molecule has 3 nitrogen and oxygen atoms in total. The van der Waals surface area contributed by atoms with Crippen molar-refractivity contribution in [3.05, 3.63) is 35.4 Å². The van der Waals surface area contributed by atoms with Gasteiger partial charge < -0.3 is 10.4 Å². The highest BCUT2D eigenvalue weighted by atomic mass is 16.3. The zero-order valence-corrected chi connectivity index (χ0v) is 11.4. The van der Waals surface area contributed by atoms with Crippen LogP contribution in [0.15, 0.2) is 24.3 Å². The molecule has 1 aliphatic rings. The quantitative estimate of drug-likeness (QED) is 0.805. The van der Waals surface area contributed by atoms with Crippen LogP contribution < -0.4 is 5.32 Å². The van der Waals surface area contributed by atoms with Crippen LogP contribution in [0.25, 0.3) is 0 Å². The molecule has 1 unspecified atom stereocenters. The van der Waals surface area contributed by atoms with E-state index in [0.717, 1.165) is 32.5 Å². The van der Waals surface area contributed by atoms with E-state index in [0.29, 0.717) is 0 Å². The molecule has 0 saturated heterocycles. The summed E-state index contributed by atoms with van der Waals surface area (Å²) in [6.45, 7) is 5.53. The fraction of sp³-hybridized carbons (Fsp3) is 0.600. The van der Waals surface area contributed by atoms with E-state index in [9.17, 15) is 5.11 Å². The van der Waals surface area contributed by atoms with Crippen LogP contribution in [0.1, 0.15) is 30.9 Å². The minimum atomic E-state index is -0.132. The van der Waals surface area contributed by atoms with E-state index in [4.69, 9.17) is 0 Å². The molecule has 0 bridgehead atoms. The maximum Gasteiger partial charge on any atom is 0.0610 e. The number of aliphatic hydroxyl groups is 1. The Labute approximate surface area is 110 Å². The SMILES string of the molecule is CNC(C)(CO)CCCN1Cc2ccccc2C1. The number of fused-ring (bicyclic) bond motifs is 1. The monoisotopic (exact) mass is 248 g/mol. The van der Waals surface area contributed by atoms with Gasteiger partial charge in [-0.25, -0.2) is 0 Å². The van der Waals surface area contributed by atoms with Gasteiger partial charge in [-0.2, -0.15) is 0 Å². The van der Waals surface area contributed by atoms with Crippen molar-refractivity contribution in [2.24, 2.45) is 0 Å². The molecular formula is C15H24N2O. The summed E-state index contributed by atoms with van der Waals surface area (Å²) in [6.07, 6.45) is 2.12. The third-order valence-electron chi connectivity index (χ3n) is 4.06. The van der Waals surface area contributed by atoms with Crippen LogP contribution in [0, 0.1) is 0 Å². The molecule has 2 rings (SSSR count). The van der Waals surface area contributed by atoms with Crippen molar-refractivity contribution >= 4 is 0 Å². The topological polar surface area (TPSA) is 35.5 Å². The molecule has 2 N–H and O–H groups in total. The largest absolute Gasteiger partial charge is 0.394 e. The van der Waals surface area contributed by atoms with Crippen molar-refractivity contribution in [1.29, 1.82) is 0 Å². The highest BCUT2D eigenvalue weighted by Crippen LogP contribution is 2.23. The molecule has 3 heteroatoms. The van der Waals surface area contributed by atoms with Gasteiger partial charge in [-0.1, -0.05) is 24.3 Å². The maximum absolute atomic E-state index is 9.34. The van der Waals surface area contributed by atoms with E-state index in [1.165, 1.54) is 11.1 Å². The van der Waals surface area contributed by atoms with Crippen molar-refractivity contribution in [2.45, 2.75) is 38.4 Å². The summed E-state index contributed by atoms with van der Waals surface area (Å²) in [5.41, 5.74) is 2.80. The Kier molecular flexibility index (Phi) is 4.38. The molecule has 1 atom stereocenters. The number of benzene rings is 1. The van der Waals surface area contributed by atoms with Crippen molar-refractivity contribution in [2.75, 3.05) is 20.2 Å². The normalized spacial score (nSPS) is 18.6. The Morgan fingerprint density at radius 1 is 1.28 bits per heavy atom. The summed E-state index contributed by atoms with van der Waals surface area (Å²) in [4.78, 5) is 2.48. The van der Waals surface area contributed by atoms with Gasteiger partial charge in [-0.05, 0) is 44.5 Å². The highest BCUT2D eigenvalue weighted by Gasteiger charge is 2.22. The Bertz CT molecular complexity index is 363. The Morgan fingerprint density at radius 2 is 1.89 bits per heavy atom. The van der Waals surface area contributed by atoms with Crippen LogP contribution in [0.3, 0.4) is 0 Å². The molecule has 0 fully saturated rings. The molecule has 100 valence electrons. The van der Waals surface area contributed by atoms with Crippen LogP contribution in [0.2, 0.25) is 0 Å². The molecule has 1 aromatic rings. The number of nitrogens with zero attached hydrogens (tertiary/aromatic N) is 1. The lowest BCUT2D eigenvalue weighted by Crippen LogP contribution is -2.43. The second-order valence-corrected chi connectivity index (χ2v) is 5.55.